The van der Waals surface area contributed by atoms with Crippen molar-refractivity contribution in [3.63, 3.8) is 0 Å². The fraction of sp³-hybridized carbons (Fsp3) is 0.889. The molecule has 0 aliphatic carbocycles. The van der Waals surface area contributed by atoms with Crippen LogP contribution in [0.5, 0.6) is 0 Å². The Morgan fingerprint density at radius 2 is 1.62 bits per heavy atom. The van der Waals surface area contributed by atoms with Gasteiger partial charge in [0.15, 0.2) is 5.96 Å². The van der Waals surface area contributed by atoms with Gasteiger partial charge in [-0.05, 0) is 26.4 Å². The SMILES string of the molecule is CNCCCCCCNC(=N)NC. The number of nitrogens with one attached hydrogen (secondary N) is 4. The first-order valence-corrected chi connectivity index (χ1v) is 4.96. The number of hydrogen-bond donors (Lipinski definition) is 4. The van der Waals surface area contributed by atoms with Crippen molar-refractivity contribution in [2.75, 3.05) is 27.2 Å². The van der Waals surface area contributed by atoms with Gasteiger partial charge in [0.1, 0.15) is 0 Å². The number of guanidine groups is 1. The lowest BCUT2D eigenvalue weighted by Gasteiger charge is -2.06. The third kappa shape index (κ3) is 9.14. The molecule has 0 bridgehead atoms. The van der Waals surface area contributed by atoms with E-state index in [0.29, 0.717) is 5.96 Å². The van der Waals surface area contributed by atoms with Gasteiger partial charge in [-0.15, -0.1) is 0 Å². The van der Waals surface area contributed by atoms with Gasteiger partial charge in [-0.3, -0.25) is 5.41 Å². The van der Waals surface area contributed by atoms with Gasteiger partial charge in [0, 0.05) is 13.6 Å². The van der Waals surface area contributed by atoms with E-state index in [2.05, 4.69) is 16.0 Å². The summed E-state index contributed by atoms with van der Waals surface area (Å²) in [5, 5.41) is 16.1. The van der Waals surface area contributed by atoms with E-state index < -0.39 is 0 Å². The van der Waals surface area contributed by atoms with Crippen LogP contribution in [0, 0.1) is 5.41 Å². The molecule has 0 amide bonds. The molecule has 0 aliphatic rings. The van der Waals surface area contributed by atoms with Crippen LogP contribution in [0.1, 0.15) is 25.7 Å². The van der Waals surface area contributed by atoms with Crippen molar-refractivity contribution in [2.24, 2.45) is 0 Å². The third-order valence-electron chi connectivity index (χ3n) is 1.91. The Labute approximate surface area is 81.0 Å². The van der Waals surface area contributed by atoms with Crippen molar-refractivity contribution in [1.29, 1.82) is 5.41 Å². The summed E-state index contributed by atoms with van der Waals surface area (Å²) in [5.41, 5.74) is 0. The fourth-order valence-electron chi connectivity index (χ4n) is 1.08. The quantitative estimate of drug-likeness (QED) is 0.266. The number of rotatable bonds is 7. The lowest BCUT2D eigenvalue weighted by atomic mass is 10.2. The molecule has 0 saturated heterocycles. The van der Waals surface area contributed by atoms with Crippen LogP contribution in [0.3, 0.4) is 0 Å². The topological polar surface area (TPSA) is 59.9 Å². The molecule has 4 N–H and O–H groups in total. The van der Waals surface area contributed by atoms with Gasteiger partial charge in [0.25, 0.3) is 0 Å². The smallest absolute Gasteiger partial charge is 0.188 e. The molecule has 0 aliphatic heterocycles. The Balaban J connectivity index is 2.95. The molecular weight excluding hydrogens is 164 g/mol. The zero-order chi connectivity index (χ0) is 9.94. The molecule has 0 aromatic carbocycles. The van der Waals surface area contributed by atoms with E-state index in [9.17, 15) is 0 Å². The van der Waals surface area contributed by atoms with E-state index >= 15 is 0 Å². The fourth-order valence-corrected chi connectivity index (χ4v) is 1.08. The van der Waals surface area contributed by atoms with Gasteiger partial charge in [-0.2, -0.15) is 0 Å². The molecule has 0 heterocycles. The molecule has 0 aromatic heterocycles. The second kappa shape index (κ2) is 9.32. The summed E-state index contributed by atoms with van der Waals surface area (Å²) in [5.74, 6) is 0.412. The van der Waals surface area contributed by atoms with Crippen LogP contribution in [0.25, 0.3) is 0 Å². The minimum Gasteiger partial charge on any atom is -0.360 e. The monoisotopic (exact) mass is 186 g/mol. The summed E-state index contributed by atoms with van der Waals surface area (Å²) in [6.07, 6.45) is 4.91. The molecule has 0 rings (SSSR count). The van der Waals surface area contributed by atoms with Gasteiger partial charge in [0.05, 0.1) is 0 Å². The van der Waals surface area contributed by atoms with Crippen LogP contribution in [0.15, 0.2) is 0 Å². The van der Waals surface area contributed by atoms with E-state index in [1.54, 1.807) is 7.05 Å². The predicted molar refractivity (Wildman–Crippen MR) is 57.2 cm³/mol. The van der Waals surface area contributed by atoms with E-state index in [4.69, 9.17) is 5.41 Å². The Kier molecular flexibility index (Phi) is 8.77. The van der Waals surface area contributed by atoms with Gasteiger partial charge in [-0.1, -0.05) is 12.8 Å². The number of unbranched alkanes of at least 4 members (excludes halogenated alkanes) is 3. The lowest BCUT2D eigenvalue weighted by molar-refractivity contribution is 0.608. The van der Waals surface area contributed by atoms with Gasteiger partial charge >= 0.3 is 0 Å². The largest absolute Gasteiger partial charge is 0.360 e. The highest BCUT2D eigenvalue weighted by Gasteiger charge is 1.91. The van der Waals surface area contributed by atoms with Crippen molar-refractivity contribution >= 4 is 5.96 Å². The molecule has 0 atom stereocenters. The molecule has 0 fully saturated rings. The third-order valence-corrected chi connectivity index (χ3v) is 1.91. The van der Waals surface area contributed by atoms with Crippen molar-refractivity contribution in [3.05, 3.63) is 0 Å². The zero-order valence-corrected chi connectivity index (χ0v) is 8.74. The molecule has 0 saturated carbocycles. The van der Waals surface area contributed by atoms with Gasteiger partial charge < -0.3 is 16.0 Å². The highest BCUT2D eigenvalue weighted by molar-refractivity contribution is 5.75. The van der Waals surface area contributed by atoms with Crippen LogP contribution >= 0.6 is 0 Å². The molecule has 0 spiro atoms. The minimum absolute atomic E-state index is 0.412. The van der Waals surface area contributed by atoms with Crippen molar-refractivity contribution in [3.8, 4) is 0 Å². The molecule has 4 nitrogen and oxygen atoms in total. The maximum atomic E-state index is 7.25. The van der Waals surface area contributed by atoms with Crippen LogP contribution in [0.2, 0.25) is 0 Å². The Bertz CT molecular complexity index is 125. The summed E-state index contributed by atoms with van der Waals surface area (Å²) in [7, 11) is 3.73. The van der Waals surface area contributed by atoms with E-state index in [1.165, 1.54) is 19.3 Å². The zero-order valence-electron chi connectivity index (χ0n) is 8.74. The van der Waals surface area contributed by atoms with Crippen molar-refractivity contribution in [2.45, 2.75) is 25.7 Å². The molecule has 13 heavy (non-hydrogen) atoms. The molecule has 0 aromatic rings. The molecule has 0 radical (unpaired) electrons. The Morgan fingerprint density at radius 3 is 2.15 bits per heavy atom. The van der Waals surface area contributed by atoms with E-state index in [0.717, 1.165) is 19.5 Å². The number of hydrogen-bond acceptors (Lipinski definition) is 2. The Hall–Kier alpha value is -0.770. The summed E-state index contributed by atoms with van der Waals surface area (Å²) < 4.78 is 0. The first-order chi connectivity index (χ1) is 6.31. The maximum Gasteiger partial charge on any atom is 0.188 e. The molecule has 0 unspecified atom stereocenters. The van der Waals surface area contributed by atoms with Gasteiger partial charge in [-0.25, -0.2) is 0 Å². The summed E-state index contributed by atoms with van der Waals surface area (Å²) in [4.78, 5) is 0. The standard InChI is InChI=1S/C9H22N4/c1-11-7-5-3-4-6-8-13-9(10)12-2/h11H,3-8H2,1-2H3,(H3,10,12,13). The van der Waals surface area contributed by atoms with Crippen LogP contribution < -0.4 is 16.0 Å². The van der Waals surface area contributed by atoms with E-state index in [-0.39, 0.29) is 0 Å². The molecule has 78 valence electrons. The predicted octanol–water partition coefficient (Wildman–Crippen LogP) is 0.510. The lowest BCUT2D eigenvalue weighted by Crippen LogP contribution is -2.34. The average Bonchev–Trinajstić information content (AvgIpc) is 2.16. The normalized spacial score (nSPS) is 9.69. The highest BCUT2D eigenvalue weighted by atomic mass is 15.1. The van der Waals surface area contributed by atoms with Crippen LogP contribution in [-0.4, -0.2) is 33.1 Å². The highest BCUT2D eigenvalue weighted by Crippen LogP contribution is 1.97. The summed E-state index contributed by atoms with van der Waals surface area (Å²) >= 11 is 0. The average molecular weight is 186 g/mol. The molecular formula is C9H22N4. The van der Waals surface area contributed by atoms with E-state index in [1.807, 2.05) is 7.05 Å². The second-order valence-corrected chi connectivity index (χ2v) is 3.07. The van der Waals surface area contributed by atoms with Gasteiger partial charge in [0.2, 0.25) is 0 Å². The Morgan fingerprint density at radius 1 is 1.00 bits per heavy atom. The first kappa shape index (κ1) is 12.2. The van der Waals surface area contributed by atoms with Crippen LogP contribution in [0.4, 0.5) is 0 Å². The summed E-state index contributed by atoms with van der Waals surface area (Å²) in [6.45, 7) is 2.01. The second-order valence-electron chi connectivity index (χ2n) is 3.07. The van der Waals surface area contributed by atoms with Crippen molar-refractivity contribution in [1.82, 2.24) is 16.0 Å². The summed E-state index contributed by atoms with van der Waals surface area (Å²) in [6, 6.07) is 0. The minimum atomic E-state index is 0.412. The maximum absolute atomic E-state index is 7.25. The van der Waals surface area contributed by atoms with Crippen LogP contribution in [-0.2, 0) is 0 Å². The first-order valence-electron chi connectivity index (χ1n) is 4.96. The molecule has 4 heteroatoms. The van der Waals surface area contributed by atoms with Crippen molar-refractivity contribution < 1.29 is 0 Å².